The number of methoxy groups -OCH3 is 1. The summed E-state index contributed by atoms with van der Waals surface area (Å²) < 4.78 is 30.6. The van der Waals surface area contributed by atoms with Gasteiger partial charge in [-0.15, -0.1) is 0 Å². The number of allylic oxidation sites excluding steroid dienone is 1. The molecule has 57 heavy (non-hydrogen) atoms. The first kappa shape index (κ1) is 39.8. The quantitative estimate of drug-likeness (QED) is 0.0875. The Kier molecular flexibility index (Phi) is 12.1. The van der Waals surface area contributed by atoms with Gasteiger partial charge in [0.25, 0.3) is 0 Å². The number of fused-ring (bicyclic) bond motifs is 13. The minimum atomic E-state index is -1.11. The van der Waals surface area contributed by atoms with E-state index in [4.69, 9.17) is 23.4 Å². The zero-order valence-corrected chi connectivity index (χ0v) is 33.6. The topological polar surface area (TPSA) is 101 Å². The van der Waals surface area contributed by atoms with Gasteiger partial charge in [-0.2, -0.15) is 0 Å². The molecule has 4 aromatic carbocycles. The Balaban J connectivity index is 1.25. The summed E-state index contributed by atoms with van der Waals surface area (Å²) in [7, 11) is 1.58. The second-order valence-electron chi connectivity index (χ2n) is 16.2. The van der Waals surface area contributed by atoms with Crippen LogP contribution in [0.5, 0.6) is 5.75 Å². The van der Waals surface area contributed by atoms with E-state index >= 15 is 0 Å². The standard InChI is InChI=1S/C49H52O8/c1-31(2)40-22-20-32-14-16-35(17-15-32)28-37(19-18-34-12-9-13-36(27-34)26-33-10-7-6-8-11-33)29-42(50)54-45-43-41(57-49(3,4)46(45)56-48(40)52)23-21-38-30-39(24-25-53-5)47(51)55-44(38)43/h6-17,21,23,27,30,37,45-46H,18-20,22,24-26,28-29H2,1-5H3/t37-,45-,46-/m0/s1. The molecule has 0 aliphatic carbocycles. The van der Waals surface area contributed by atoms with E-state index in [1.165, 1.54) is 16.7 Å². The lowest BCUT2D eigenvalue weighted by atomic mass is 9.86. The summed E-state index contributed by atoms with van der Waals surface area (Å²) in [5.41, 5.74) is 6.80. The van der Waals surface area contributed by atoms with Crippen LogP contribution in [0.1, 0.15) is 92.0 Å². The van der Waals surface area contributed by atoms with Crippen molar-refractivity contribution in [3.8, 4) is 5.75 Å². The van der Waals surface area contributed by atoms with Gasteiger partial charge in [0.1, 0.15) is 16.9 Å². The van der Waals surface area contributed by atoms with Crippen LogP contribution < -0.4 is 10.4 Å². The van der Waals surface area contributed by atoms with Gasteiger partial charge in [0.2, 0.25) is 0 Å². The number of rotatable bonds is 8. The van der Waals surface area contributed by atoms with Crippen molar-refractivity contribution in [1.29, 1.82) is 0 Å². The van der Waals surface area contributed by atoms with Gasteiger partial charge in [-0.05, 0) is 118 Å². The van der Waals surface area contributed by atoms with Crippen molar-refractivity contribution < 1.29 is 33.0 Å². The minimum absolute atomic E-state index is 0.0478. The van der Waals surface area contributed by atoms with Crippen molar-refractivity contribution in [2.45, 2.75) is 96.9 Å². The maximum atomic E-state index is 14.4. The molecule has 8 nitrogen and oxygen atoms in total. The predicted molar refractivity (Wildman–Crippen MR) is 220 cm³/mol. The number of ether oxygens (including phenoxy) is 4. The zero-order valence-electron chi connectivity index (χ0n) is 33.6. The molecule has 0 fully saturated rings. The van der Waals surface area contributed by atoms with E-state index in [0.717, 1.165) is 36.0 Å². The van der Waals surface area contributed by atoms with Gasteiger partial charge in [0.05, 0.1) is 12.2 Å². The molecule has 296 valence electrons. The molecule has 3 atom stereocenters. The second kappa shape index (κ2) is 17.3. The molecule has 0 spiro atoms. The van der Waals surface area contributed by atoms with Gasteiger partial charge in [0, 0.05) is 36.5 Å². The SMILES string of the molecule is COCCc1cc2ccc3c(c2oc1=O)[C@@H]1OC(=O)C[C@@H](CCc2cccc(Cc4ccccc4)c2)Cc2ccc(cc2)CCC(=C(C)C)C(=O)O[C@@H]1C(C)(C)O3. The number of benzene rings is 4. The van der Waals surface area contributed by atoms with Crippen molar-refractivity contribution >= 4 is 22.9 Å². The van der Waals surface area contributed by atoms with Crippen LogP contribution in [0.2, 0.25) is 0 Å². The number of esters is 2. The first-order valence-electron chi connectivity index (χ1n) is 20.0. The Bertz CT molecular complexity index is 2310. The molecular weight excluding hydrogens is 717 g/mol. The number of hydrogen-bond donors (Lipinski definition) is 0. The highest BCUT2D eigenvalue weighted by Gasteiger charge is 2.50. The molecule has 0 amide bonds. The van der Waals surface area contributed by atoms with Crippen molar-refractivity contribution in [3.63, 3.8) is 0 Å². The van der Waals surface area contributed by atoms with Crippen molar-refractivity contribution in [1.82, 2.24) is 0 Å². The third kappa shape index (κ3) is 9.40. The zero-order chi connectivity index (χ0) is 40.1. The highest BCUT2D eigenvalue weighted by atomic mass is 16.6. The minimum Gasteiger partial charge on any atom is -0.483 e. The highest BCUT2D eigenvalue weighted by molar-refractivity contribution is 5.90. The summed E-state index contributed by atoms with van der Waals surface area (Å²) in [5.74, 6) is -0.585. The molecule has 3 aliphatic heterocycles. The largest absolute Gasteiger partial charge is 0.483 e. The van der Waals surface area contributed by atoms with E-state index in [0.29, 0.717) is 60.1 Å². The van der Waals surface area contributed by atoms with E-state index in [2.05, 4.69) is 72.8 Å². The lowest BCUT2D eigenvalue weighted by molar-refractivity contribution is -0.188. The molecular formula is C49H52O8. The maximum absolute atomic E-state index is 14.4. The Labute approximate surface area is 334 Å². The summed E-state index contributed by atoms with van der Waals surface area (Å²) in [5, 5.41) is 0.636. The second-order valence-corrected chi connectivity index (χ2v) is 16.2. The van der Waals surface area contributed by atoms with Crippen LogP contribution in [0.3, 0.4) is 0 Å². The van der Waals surface area contributed by atoms with Crippen LogP contribution in [0.25, 0.3) is 11.0 Å². The van der Waals surface area contributed by atoms with Crippen LogP contribution in [-0.2, 0) is 55.9 Å². The third-order valence-corrected chi connectivity index (χ3v) is 11.3. The van der Waals surface area contributed by atoms with Gasteiger partial charge >= 0.3 is 17.6 Å². The molecule has 0 radical (unpaired) electrons. The first-order chi connectivity index (χ1) is 27.5. The molecule has 8 rings (SSSR count). The van der Waals surface area contributed by atoms with Gasteiger partial charge in [-0.25, -0.2) is 9.59 Å². The van der Waals surface area contributed by atoms with Gasteiger partial charge < -0.3 is 23.4 Å². The molecule has 3 aliphatic rings. The molecule has 8 heteroatoms. The summed E-state index contributed by atoms with van der Waals surface area (Å²) in [6.07, 6.45) is 2.56. The molecule has 0 N–H and O–H groups in total. The number of hydrogen-bond acceptors (Lipinski definition) is 8. The van der Waals surface area contributed by atoms with Crippen LogP contribution in [0.4, 0.5) is 0 Å². The van der Waals surface area contributed by atoms with Crippen molar-refractivity contribution in [3.05, 3.63) is 158 Å². The van der Waals surface area contributed by atoms with Crippen LogP contribution in [0.15, 0.2) is 117 Å². The van der Waals surface area contributed by atoms with Crippen molar-refractivity contribution in [2.24, 2.45) is 5.92 Å². The predicted octanol–water partition coefficient (Wildman–Crippen LogP) is 9.40. The smallest absolute Gasteiger partial charge is 0.339 e. The number of aryl methyl sites for hydroxylation is 2. The van der Waals surface area contributed by atoms with E-state index < -0.39 is 35.4 Å². The summed E-state index contributed by atoms with van der Waals surface area (Å²) >= 11 is 0. The molecule has 0 saturated carbocycles. The fourth-order valence-corrected chi connectivity index (χ4v) is 8.14. The molecule has 1 aromatic heterocycles. The molecule has 5 aromatic rings. The fraction of sp³-hybridized carbons (Fsp3) is 0.367. The molecule has 0 unspecified atom stereocenters. The van der Waals surface area contributed by atoms with Crippen molar-refractivity contribution in [2.75, 3.05) is 13.7 Å². The van der Waals surface area contributed by atoms with Crippen LogP contribution >= 0.6 is 0 Å². The number of carbonyl (C=O) groups is 2. The van der Waals surface area contributed by atoms with Gasteiger partial charge in [-0.3, -0.25) is 4.79 Å². The number of carbonyl (C=O) groups excluding carboxylic acids is 2. The molecule has 2 bridgehead atoms. The first-order valence-corrected chi connectivity index (χ1v) is 20.0. The molecule has 0 saturated heterocycles. The fourth-order valence-electron chi connectivity index (χ4n) is 8.14. The average Bonchev–Trinajstić information content (AvgIpc) is 3.18. The van der Waals surface area contributed by atoms with Crippen LogP contribution in [0, 0.1) is 5.92 Å². The summed E-state index contributed by atoms with van der Waals surface area (Å²) in [4.78, 5) is 41.9. The van der Waals surface area contributed by atoms with E-state index in [1.54, 1.807) is 19.2 Å². The van der Waals surface area contributed by atoms with Crippen LogP contribution in [-0.4, -0.2) is 37.4 Å². The Morgan fingerprint density at radius 1 is 0.772 bits per heavy atom. The lowest BCUT2D eigenvalue weighted by Gasteiger charge is -2.43. The van der Waals surface area contributed by atoms with Gasteiger partial charge in [-0.1, -0.05) is 84.4 Å². The maximum Gasteiger partial charge on any atom is 0.339 e. The Hall–Kier alpha value is -5.47. The van der Waals surface area contributed by atoms with E-state index in [9.17, 15) is 14.4 Å². The average molecular weight is 769 g/mol. The lowest BCUT2D eigenvalue weighted by Crippen LogP contribution is -2.52. The highest BCUT2D eigenvalue weighted by Crippen LogP contribution is 2.47. The third-order valence-electron chi connectivity index (χ3n) is 11.3. The van der Waals surface area contributed by atoms with E-state index in [-0.39, 0.29) is 17.9 Å². The summed E-state index contributed by atoms with van der Waals surface area (Å²) in [6, 6.07) is 33.0. The Morgan fingerprint density at radius 3 is 2.26 bits per heavy atom. The molecule has 4 heterocycles. The summed E-state index contributed by atoms with van der Waals surface area (Å²) in [6.45, 7) is 7.79. The normalized spacial score (nSPS) is 19.6. The Morgan fingerprint density at radius 2 is 1.51 bits per heavy atom. The van der Waals surface area contributed by atoms with Gasteiger partial charge in [0.15, 0.2) is 12.2 Å². The monoisotopic (exact) mass is 768 g/mol. The van der Waals surface area contributed by atoms with E-state index in [1.807, 2.05) is 39.8 Å².